The third-order valence-electron chi connectivity index (χ3n) is 4.13. The molecule has 4 nitrogen and oxygen atoms in total. The van der Waals surface area contributed by atoms with Gasteiger partial charge in [0.1, 0.15) is 5.75 Å². The number of carbonyl (C=O) groups excluding carboxylic acids is 1. The minimum absolute atomic E-state index is 0.360. The van der Waals surface area contributed by atoms with E-state index in [2.05, 4.69) is 5.32 Å². The molecule has 1 fully saturated rings. The fourth-order valence-corrected chi connectivity index (χ4v) is 2.99. The first-order valence-corrected chi connectivity index (χ1v) is 7.50. The highest BCUT2D eigenvalue weighted by Crippen LogP contribution is 2.27. The summed E-state index contributed by atoms with van der Waals surface area (Å²) >= 11 is 0. The lowest BCUT2D eigenvalue weighted by molar-refractivity contribution is -0.0447. The van der Waals surface area contributed by atoms with E-state index in [0.29, 0.717) is 12.3 Å². The topological polar surface area (TPSA) is 47.6 Å². The van der Waals surface area contributed by atoms with Gasteiger partial charge in [-0.15, -0.1) is 0 Å². The van der Waals surface area contributed by atoms with Crippen LogP contribution in [0.15, 0.2) is 24.3 Å². The van der Waals surface area contributed by atoms with Gasteiger partial charge in [0.2, 0.25) is 6.29 Å². The molecular weight excluding hydrogens is 254 g/mol. The van der Waals surface area contributed by atoms with Crippen LogP contribution in [-0.2, 0) is 11.2 Å². The van der Waals surface area contributed by atoms with Crippen LogP contribution in [0.1, 0.15) is 37.7 Å². The van der Waals surface area contributed by atoms with Gasteiger partial charge >= 0.3 is 6.09 Å². The molecule has 1 saturated carbocycles. The van der Waals surface area contributed by atoms with Crippen LogP contribution in [0.3, 0.4) is 0 Å². The van der Waals surface area contributed by atoms with E-state index >= 15 is 0 Å². The van der Waals surface area contributed by atoms with Crippen molar-refractivity contribution in [3.05, 3.63) is 29.8 Å². The summed E-state index contributed by atoms with van der Waals surface area (Å²) in [5.41, 5.74) is 1.18. The van der Waals surface area contributed by atoms with Gasteiger partial charge in [-0.25, -0.2) is 4.79 Å². The van der Waals surface area contributed by atoms with Gasteiger partial charge < -0.3 is 14.8 Å². The molecule has 1 heterocycles. The molecule has 108 valence electrons. The summed E-state index contributed by atoms with van der Waals surface area (Å²) in [6.07, 6.45) is 5.77. The lowest BCUT2D eigenvalue weighted by Crippen LogP contribution is -2.35. The highest BCUT2D eigenvalue weighted by Gasteiger charge is 2.23. The monoisotopic (exact) mass is 275 g/mol. The number of alkyl carbamates (subject to hydrolysis) is 1. The maximum Gasteiger partial charge on any atom is 0.410 e. The van der Waals surface area contributed by atoms with E-state index in [0.717, 1.165) is 18.7 Å². The van der Waals surface area contributed by atoms with Crippen molar-refractivity contribution in [2.75, 3.05) is 6.54 Å². The van der Waals surface area contributed by atoms with Gasteiger partial charge in [0.05, 0.1) is 0 Å². The second-order valence-electron chi connectivity index (χ2n) is 5.63. The lowest BCUT2D eigenvalue weighted by Gasteiger charge is -2.25. The zero-order chi connectivity index (χ0) is 13.8. The number of fused-ring (bicyclic) bond motifs is 1. The van der Waals surface area contributed by atoms with E-state index in [-0.39, 0.29) is 6.09 Å². The van der Waals surface area contributed by atoms with Gasteiger partial charge in [-0.3, -0.25) is 0 Å². The van der Waals surface area contributed by atoms with Crippen molar-refractivity contribution in [3.63, 3.8) is 0 Å². The number of aryl methyl sites for hydroxylation is 1. The third kappa shape index (κ3) is 3.24. The van der Waals surface area contributed by atoms with E-state index in [1.54, 1.807) is 0 Å². The zero-order valence-corrected chi connectivity index (χ0v) is 11.6. The maximum absolute atomic E-state index is 11.8. The van der Waals surface area contributed by atoms with Crippen molar-refractivity contribution in [2.45, 2.75) is 44.8 Å². The first kappa shape index (κ1) is 13.3. The molecule has 3 rings (SSSR count). The first-order valence-electron chi connectivity index (χ1n) is 7.50. The molecule has 0 radical (unpaired) electrons. The molecule has 1 aliphatic heterocycles. The van der Waals surface area contributed by atoms with Crippen LogP contribution in [0.5, 0.6) is 5.75 Å². The summed E-state index contributed by atoms with van der Waals surface area (Å²) in [6.45, 7) is 0.724. The zero-order valence-electron chi connectivity index (χ0n) is 11.6. The third-order valence-corrected chi connectivity index (χ3v) is 4.13. The molecule has 1 aromatic carbocycles. The number of hydrogen-bond acceptors (Lipinski definition) is 3. The number of nitrogens with one attached hydrogen (secondary N) is 1. The first-order chi connectivity index (χ1) is 9.81. The number of carbonyl (C=O) groups is 1. The molecule has 0 spiro atoms. The van der Waals surface area contributed by atoms with Gasteiger partial charge in [0, 0.05) is 13.0 Å². The van der Waals surface area contributed by atoms with Crippen molar-refractivity contribution in [1.82, 2.24) is 5.32 Å². The Morgan fingerprint density at radius 1 is 1.25 bits per heavy atom. The Bertz CT molecular complexity index is 469. The van der Waals surface area contributed by atoms with Crippen molar-refractivity contribution in [1.29, 1.82) is 0 Å². The standard InChI is InChI=1S/C16H21NO3/c18-16(17-11-12-5-1-2-6-12)20-15-10-9-13-7-3-4-8-14(13)19-15/h3-4,7-8,12,15H,1-2,5-6,9-11H2,(H,17,18). The van der Waals surface area contributed by atoms with Gasteiger partial charge in [-0.05, 0) is 36.8 Å². The SMILES string of the molecule is O=C(NCC1CCCC1)OC1CCc2ccccc2O1. The highest BCUT2D eigenvalue weighted by molar-refractivity contribution is 5.67. The average Bonchev–Trinajstić information content (AvgIpc) is 2.98. The molecule has 0 bridgehead atoms. The second kappa shape index (κ2) is 6.16. The minimum Gasteiger partial charge on any atom is -0.454 e. The molecule has 1 amide bonds. The summed E-state index contributed by atoms with van der Waals surface area (Å²) in [5, 5.41) is 2.85. The van der Waals surface area contributed by atoms with Crippen LogP contribution in [0.25, 0.3) is 0 Å². The van der Waals surface area contributed by atoms with Gasteiger partial charge in [0.25, 0.3) is 0 Å². The summed E-state index contributed by atoms with van der Waals surface area (Å²) < 4.78 is 11.0. The Hall–Kier alpha value is -1.71. The molecule has 1 atom stereocenters. The van der Waals surface area contributed by atoms with Crippen molar-refractivity contribution in [2.24, 2.45) is 5.92 Å². The van der Waals surface area contributed by atoms with Crippen molar-refractivity contribution < 1.29 is 14.3 Å². The Morgan fingerprint density at radius 2 is 2.05 bits per heavy atom. The van der Waals surface area contributed by atoms with Gasteiger partial charge in [-0.1, -0.05) is 31.0 Å². The maximum atomic E-state index is 11.8. The predicted molar refractivity (Wildman–Crippen MR) is 75.6 cm³/mol. The van der Waals surface area contributed by atoms with Crippen molar-refractivity contribution in [3.8, 4) is 5.75 Å². The number of amides is 1. The smallest absolute Gasteiger partial charge is 0.410 e. The minimum atomic E-state index is -0.464. The van der Waals surface area contributed by atoms with Crippen LogP contribution < -0.4 is 10.1 Å². The Labute approximate surface area is 119 Å². The van der Waals surface area contributed by atoms with Crippen LogP contribution in [-0.4, -0.2) is 18.9 Å². The highest BCUT2D eigenvalue weighted by atomic mass is 16.7. The summed E-state index contributed by atoms with van der Waals surface area (Å²) in [4.78, 5) is 11.8. The predicted octanol–water partition coefficient (Wildman–Crippen LogP) is 3.25. The summed E-state index contributed by atoms with van der Waals surface area (Å²) in [7, 11) is 0. The molecule has 1 aromatic rings. The van der Waals surface area contributed by atoms with Gasteiger partial charge in [0.15, 0.2) is 0 Å². The molecule has 1 unspecified atom stereocenters. The van der Waals surface area contributed by atoms with E-state index in [1.165, 1.54) is 31.2 Å². The molecule has 4 heteroatoms. The fraction of sp³-hybridized carbons (Fsp3) is 0.562. The lowest BCUT2D eigenvalue weighted by atomic mass is 10.1. The van der Waals surface area contributed by atoms with E-state index < -0.39 is 6.29 Å². The second-order valence-corrected chi connectivity index (χ2v) is 5.63. The molecular formula is C16H21NO3. The molecule has 2 aliphatic rings. The quantitative estimate of drug-likeness (QED) is 0.921. The Balaban J connectivity index is 1.45. The largest absolute Gasteiger partial charge is 0.454 e. The van der Waals surface area contributed by atoms with E-state index in [1.807, 2.05) is 24.3 Å². The number of rotatable bonds is 3. The normalized spacial score (nSPS) is 21.9. The number of ether oxygens (including phenoxy) is 2. The molecule has 1 N–H and O–H groups in total. The summed E-state index contributed by atoms with van der Waals surface area (Å²) in [5.74, 6) is 1.45. The fourth-order valence-electron chi connectivity index (χ4n) is 2.99. The van der Waals surface area contributed by atoms with Crippen LogP contribution in [0.4, 0.5) is 4.79 Å². The van der Waals surface area contributed by atoms with Crippen LogP contribution in [0, 0.1) is 5.92 Å². The van der Waals surface area contributed by atoms with Gasteiger partial charge in [-0.2, -0.15) is 0 Å². The van der Waals surface area contributed by atoms with Crippen molar-refractivity contribution >= 4 is 6.09 Å². The Morgan fingerprint density at radius 3 is 2.90 bits per heavy atom. The van der Waals surface area contributed by atoms with E-state index in [9.17, 15) is 4.79 Å². The summed E-state index contributed by atoms with van der Waals surface area (Å²) in [6, 6.07) is 7.89. The molecule has 0 aromatic heterocycles. The number of para-hydroxylation sites is 1. The average molecular weight is 275 g/mol. The van der Waals surface area contributed by atoms with Crippen LogP contribution >= 0.6 is 0 Å². The molecule has 1 aliphatic carbocycles. The molecule has 20 heavy (non-hydrogen) atoms. The Kier molecular flexibility index (Phi) is 4.09. The number of benzene rings is 1. The van der Waals surface area contributed by atoms with E-state index in [4.69, 9.17) is 9.47 Å². The molecule has 0 saturated heterocycles. The number of hydrogen-bond donors (Lipinski definition) is 1. The van der Waals surface area contributed by atoms with Crippen LogP contribution in [0.2, 0.25) is 0 Å².